The lowest BCUT2D eigenvalue weighted by molar-refractivity contribution is -0.129. The SMILES string of the molecule is Cc1cccc(C)c1OCC(=O)N/N=C\c1ccc(OC(=O)/C=C/c2ccco2)cc1. The number of nitrogens with one attached hydrogen (secondary N) is 1. The number of para-hydroxylation sites is 1. The Balaban J connectivity index is 1.44. The molecule has 31 heavy (non-hydrogen) atoms. The molecule has 1 N–H and O–H groups in total. The largest absolute Gasteiger partial charge is 0.483 e. The zero-order valence-electron chi connectivity index (χ0n) is 17.2. The predicted octanol–water partition coefficient (Wildman–Crippen LogP) is 4.04. The topological polar surface area (TPSA) is 90.1 Å². The van der Waals surface area contributed by atoms with Crippen molar-refractivity contribution in [2.45, 2.75) is 13.8 Å². The Morgan fingerprint density at radius 1 is 1.03 bits per heavy atom. The number of furan rings is 1. The Morgan fingerprint density at radius 3 is 2.45 bits per heavy atom. The number of carbonyl (C=O) groups excluding carboxylic acids is 2. The summed E-state index contributed by atoms with van der Waals surface area (Å²) in [6.07, 6.45) is 5.81. The molecule has 0 aliphatic rings. The first-order chi connectivity index (χ1) is 15.0. The number of nitrogens with zero attached hydrogens (tertiary/aromatic N) is 1. The molecule has 0 fully saturated rings. The minimum Gasteiger partial charge on any atom is -0.483 e. The molecule has 1 aromatic heterocycles. The second-order valence-electron chi connectivity index (χ2n) is 6.64. The van der Waals surface area contributed by atoms with Gasteiger partial charge in [0.15, 0.2) is 6.61 Å². The van der Waals surface area contributed by atoms with E-state index < -0.39 is 5.97 Å². The molecule has 3 rings (SSSR count). The number of hydrazone groups is 1. The van der Waals surface area contributed by atoms with Gasteiger partial charge in [0.25, 0.3) is 5.91 Å². The van der Waals surface area contributed by atoms with Crippen molar-refractivity contribution in [1.82, 2.24) is 5.43 Å². The van der Waals surface area contributed by atoms with Crippen molar-refractivity contribution in [2.75, 3.05) is 6.61 Å². The van der Waals surface area contributed by atoms with Crippen molar-refractivity contribution in [2.24, 2.45) is 5.10 Å². The molecule has 2 aromatic carbocycles. The summed E-state index contributed by atoms with van der Waals surface area (Å²) < 4.78 is 15.9. The van der Waals surface area contributed by atoms with E-state index in [4.69, 9.17) is 13.9 Å². The summed E-state index contributed by atoms with van der Waals surface area (Å²) in [4.78, 5) is 23.7. The van der Waals surface area contributed by atoms with Crippen LogP contribution < -0.4 is 14.9 Å². The molecule has 0 radical (unpaired) electrons. The van der Waals surface area contributed by atoms with Crippen molar-refractivity contribution in [3.63, 3.8) is 0 Å². The van der Waals surface area contributed by atoms with E-state index in [2.05, 4.69) is 10.5 Å². The van der Waals surface area contributed by atoms with Gasteiger partial charge < -0.3 is 13.9 Å². The molecule has 7 nitrogen and oxygen atoms in total. The summed E-state index contributed by atoms with van der Waals surface area (Å²) in [6.45, 7) is 3.72. The molecule has 0 bridgehead atoms. The first-order valence-corrected chi connectivity index (χ1v) is 9.55. The number of benzene rings is 2. The molecule has 0 unspecified atom stereocenters. The second-order valence-corrected chi connectivity index (χ2v) is 6.64. The van der Waals surface area contributed by atoms with E-state index in [-0.39, 0.29) is 12.5 Å². The minimum absolute atomic E-state index is 0.135. The van der Waals surface area contributed by atoms with Crippen LogP contribution in [0.1, 0.15) is 22.5 Å². The highest BCUT2D eigenvalue weighted by atomic mass is 16.5. The first-order valence-electron chi connectivity index (χ1n) is 9.55. The average molecular weight is 418 g/mol. The van der Waals surface area contributed by atoms with E-state index in [1.165, 1.54) is 24.6 Å². The van der Waals surface area contributed by atoms with E-state index in [0.717, 1.165) is 16.7 Å². The molecule has 0 aliphatic carbocycles. The molecular weight excluding hydrogens is 396 g/mol. The van der Waals surface area contributed by atoms with Gasteiger partial charge in [-0.25, -0.2) is 10.2 Å². The van der Waals surface area contributed by atoms with E-state index in [1.807, 2.05) is 32.0 Å². The third kappa shape index (κ3) is 6.71. The third-order valence-electron chi connectivity index (χ3n) is 4.18. The van der Waals surface area contributed by atoms with Gasteiger partial charge in [-0.3, -0.25) is 4.79 Å². The van der Waals surface area contributed by atoms with Crippen molar-refractivity contribution < 1.29 is 23.5 Å². The van der Waals surface area contributed by atoms with Gasteiger partial charge in [0, 0.05) is 6.08 Å². The molecule has 1 amide bonds. The Labute approximate surface area is 180 Å². The van der Waals surface area contributed by atoms with Crippen molar-refractivity contribution in [3.05, 3.63) is 89.4 Å². The van der Waals surface area contributed by atoms with Crippen molar-refractivity contribution in [1.29, 1.82) is 0 Å². The molecule has 3 aromatic rings. The molecular formula is C24H22N2O5. The van der Waals surface area contributed by atoms with Crippen LogP contribution in [-0.2, 0) is 9.59 Å². The molecule has 0 atom stereocenters. The van der Waals surface area contributed by atoms with Gasteiger partial charge in [0.05, 0.1) is 12.5 Å². The number of esters is 1. The summed E-state index contributed by atoms with van der Waals surface area (Å²) in [5.41, 5.74) is 5.08. The highest BCUT2D eigenvalue weighted by Crippen LogP contribution is 2.22. The van der Waals surface area contributed by atoms with Gasteiger partial charge >= 0.3 is 5.97 Å². The summed E-state index contributed by atoms with van der Waals surface area (Å²) >= 11 is 0. The fourth-order valence-corrected chi connectivity index (χ4v) is 2.68. The van der Waals surface area contributed by atoms with Crippen LogP contribution in [0.15, 0.2) is 76.5 Å². The molecule has 0 aliphatic heterocycles. The molecule has 0 saturated heterocycles. The third-order valence-corrected chi connectivity index (χ3v) is 4.18. The van der Waals surface area contributed by atoms with Crippen LogP contribution in [0.3, 0.4) is 0 Å². The summed E-state index contributed by atoms with van der Waals surface area (Å²) in [5.74, 6) is 0.759. The first kappa shape index (κ1) is 21.6. The number of aryl methyl sites for hydroxylation is 2. The van der Waals surface area contributed by atoms with E-state index in [9.17, 15) is 9.59 Å². The van der Waals surface area contributed by atoms with E-state index in [1.54, 1.807) is 36.4 Å². The zero-order chi connectivity index (χ0) is 22.1. The Kier molecular flexibility index (Phi) is 7.37. The minimum atomic E-state index is -0.519. The summed E-state index contributed by atoms with van der Waals surface area (Å²) in [5, 5.41) is 3.91. The van der Waals surface area contributed by atoms with Crippen LogP contribution in [0.25, 0.3) is 6.08 Å². The fourth-order valence-electron chi connectivity index (χ4n) is 2.68. The quantitative estimate of drug-likeness (QED) is 0.196. The summed E-state index contributed by atoms with van der Waals surface area (Å²) in [7, 11) is 0. The number of hydrogen-bond acceptors (Lipinski definition) is 6. The van der Waals surface area contributed by atoms with E-state index in [0.29, 0.717) is 17.3 Å². The lowest BCUT2D eigenvalue weighted by Crippen LogP contribution is -2.25. The monoisotopic (exact) mass is 418 g/mol. The van der Waals surface area contributed by atoms with Crippen LogP contribution in [0.5, 0.6) is 11.5 Å². The van der Waals surface area contributed by atoms with Crippen molar-refractivity contribution >= 4 is 24.2 Å². The Bertz CT molecular complexity index is 1060. The predicted molar refractivity (Wildman–Crippen MR) is 117 cm³/mol. The Morgan fingerprint density at radius 2 is 1.77 bits per heavy atom. The van der Waals surface area contributed by atoms with Gasteiger partial charge in [-0.05, 0) is 73.0 Å². The van der Waals surface area contributed by atoms with Gasteiger partial charge in [-0.2, -0.15) is 5.10 Å². The van der Waals surface area contributed by atoms with Crippen LogP contribution in [-0.4, -0.2) is 24.7 Å². The maximum absolute atomic E-state index is 11.9. The number of hydrogen-bond donors (Lipinski definition) is 1. The second kappa shape index (κ2) is 10.6. The number of ether oxygens (including phenoxy) is 2. The van der Waals surface area contributed by atoms with Gasteiger partial charge in [-0.15, -0.1) is 0 Å². The van der Waals surface area contributed by atoms with Gasteiger partial charge in [0.1, 0.15) is 17.3 Å². The molecule has 158 valence electrons. The lowest BCUT2D eigenvalue weighted by atomic mass is 10.1. The zero-order valence-corrected chi connectivity index (χ0v) is 17.2. The van der Waals surface area contributed by atoms with Crippen molar-refractivity contribution in [3.8, 4) is 11.5 Å². The number of amides is 1. The van der Waals surface area contributed by atoms with Gasteiger partial charge in [-0.1, -0.05) is 18.2 Å². The van der Waals surface area contributed by atoms with E-state index >= 15 is 0 Å². The average Bonchev–Trinajstić information content (AvgIpc) is 3.27. The standard InChI is InChI=1S/C24H22N2O5/c1-17-5-3-6-18(2)24(17)30-16-22(27)26-25-15-19-8-10-21(11-9-19)31-23(28)13-12-20-7-4-14-29-20/h3-15H,16H2,1-2H3,(H,26,27)/b13-12+,25-15-. The highest BCUT2D eigenvalue weighted by molar-refractivity contribution is 5.88. The van der Waals surface area contributed by atoms with Gasteiger partial charge in [0.2, 0.25) is 0 Å². The van der Waals surface area contributed by atoms with Crippen LogP contribution in [0.2, 0.25) is 0 Å². The van der Waals surface area contributed by atoms with Crippen LogP contribution in [0.4, 0.5) is 0 Å². The molecule has 0 saturated carbocycles. The smallest absolute Gasteiger partial charge is 0.336 e. The molecule has 1 heterocycles. The number of carbonyl (C=O) groups is 2. The van der Waals surface area contributed by atoms with Crippen LogP contribution >= 0.6 is 0 Å². The molecule has 7 heteroatoms. The lowest BCUT2D eigenvalue weighted by Gasteiger charge is -2.10. The highest BCUT2D eigenvalue weighted by Gasteiger charge is 2.06. The number of rotatable bonds is 8. The van der Waals surface area contributed by atoms with Crippen LogP contribution in [0, 0.1) is 13.8 Å². The normalized spacial score (nSPS) is 11.0. The summed E-state index contributed by atoms with van der Waals surface area (Å²) in [6, 6.07) is 15.9. The maximum atomic E-state index is 11.9. The Hall–Kier alpha value is -4.13. The molecule has 0 spiro atoms. The maximum Gasteiger partial charge on any atom is 0.336 e. The fraction of sp³-hybridized carbons (Fsp3) is 0.125.